The molecule has 0 aromatic rings. The molecule has 4 nitrogen and oxygen atoms in total. The van der Waals surface area contributed by atoms with Gasteiger partial charge in [-0.05, 0) is 25.7 Å². The summed E-state index contributed by atoms with van der Waals surface area (Å²) in [6.45, 7) is 9.51. The molecule has 0 spiro atoms. The highest BCUT2D eigenvalue weighted by atomic mass is 16.5. The van der Waals surface area contributed by atoms with Crippen molar-refractivity contribution in [2.24, 2.45) is 11.8 Å². The van der Waals surface area contributed by atoms with Crippen molar-refractivity contribution in [2.75, 3.05) is 39.6 Å². The second-order valence-electron chi connectivity index (χ2n) is 5.94. The second-order valence-corrected chi connectivity index (χ2v) is 5.94. The minimum absolute atomic E-state index is 0.439. The van der Waals surface area contributed by atoms with E-state index in [2.05, 4.69) is 13.8 Å². The first-order valence-electron chi connectivity index (χ1n) is 8.23. The van der Waals surface area contributed by atoms with Crippen molar-refractivity contribution in [1.82, 2.24) is 0 Å². The van der Waals surface area contributed by atoms with Gasteiger partial charge in [-0.25, -0.2) is 0 Å². The van der Waals surface area contributed by atoms with Gasteiger partial charge in [0.2, 0.25) is 0 Å². The molecule has 0 amide bonds. The molecule has 0 aromatic carbocycles. The maximum absolute atomic E-state index is 5.71. The zero-order valence-electron chi connectivity index (χ0n) is 13.0. The quantitative estimate of drug-likeness (QED) is 0.547. The Kier molecular flexibility index (Phi) is 7.28. The summed E-state index contributed by atoms with van der Waals surface area (Å²) < 4.78 is 22.3. The summed E-state index contributed by atoms with van der Waals surface area (Å²) in [5.41, 5.74) is 0. The van der Waals surface area contributed by atoms with Gasteiger partial charge in [0.1, 0.15) is 0 Å². The van der Waals surface area contributed by atoms with E-state index in [0.29, 0.717) is 24.0 Å². The Hall–Kier alpha value is -0.160. The summed E-state index contributed by atoms with van der Waals surface area (Å²) in [6.07, 6.45) is 5.26. The number of hydrogen-bond acceptors (Lipinski definition) is 4. The molecule has 4 unspecified atom stereocenters. The fraction of sp³-hybridized carbons (Fsp3) is 1.00. The lowest BCUT2D eigenvalue weighted by molar-refractivity contribution is -0.143. The van der Waals surface area contributed by atoms with Crippen LogP contribution in [0.15, 0.2) is 0 Å². The first kappa shape index (κ1) is 16.2. The van der Waals surface area contributed by atoms with Crippen LogP contribution in [0.1, 0.15) is 39.5 Å². The van der Waals surface area contributed by atoms with Crippen LogP contribution >= 0.6 is 0 Å². The number of ether oxygens (including phenoxy) is 4. The fourth-order valence-corrected chi connectivity index (χ4v) is 2.83. The molecule has 2 aliphatic heterocycles. The maximum atomic E-state index is 5.71. The molecular formula is C16H30O4. The Morgan fingerprint density at radius 1 is 0.800 bits per heavy atom. The predicted molar refractivity (Wildman–Crippen MR) is 77.9 cm³/mol. The van der Waals surface area contributed by atoms with Gasteiger partial charge in [0, 0.05) is 25.0 Å². The SMILES string of the molecule is CCC1OCC1COCCCCOCC1COC1CC. The van der Waals surface area contributed by atoms with Crippen LogP contribution in [-0.2, 0) is 18.9 Å². The molecule has 2 rings (SSSR count). The highest BCUT2D eigenvalue weighted by molar-refractivity contribution is 4.77. The summed E-state index contributed by atoms with van der Waals surface area (Å²) in [7, 11) is 0. The lowest BCUT2D eigenvalue weighted by atomic mass is 9.97. The molecule has 0 N–H and O–H groups in total. The smallest absolute Gasteiger partial charge is 0.0645 e. The van der Waals surface area contributed by atoms with Crippen LogP contribution in [0.4, 0.5) is 0 Å². The third kappa shape index (κ3) is 4.69. The normalized spacial score (nSPS) is 32.7. The van der Waals surface area contributed by atoms with Crippen molar-refractivity contribution in [3.63, 3.8) is 0 Å². The largest absolute Gasteiger partial charge is 0.381 e. The zero-order chi connectivity index (χ0) is 14.2. The Morgan fingerprint density at radius 3 is 1.55 bits per heavy atom. The van der Waals surface area contributed by atoms with Crippen molar-refractivity contribution in [2.45, 2.75) is 51.7 Å². The molecule has 0 bridgehead atoms. The summed E-state index contributed by atoms with van der Waals surface area (Å²) in [4.78, 5) is 0. The zero-order valence-corrected chi connectivity index (χ0v) is 13.0. The first-order chi connectivity index (χ1) is 9.85. The van der Waals surface area contributed by atoms with Crippen molar-refractivity contribution in [3.8, 4) is 0 Å². The molecule has 0 aromatic heterocycles. The lowest BCUT2D eigenvalue weighted by Crippen LogP contribution is -2.42. The standard InChI is InChI=1S/C16H30O4/c1-3-15-13(11-19-15)9-17-7-5-6-8-18-10-14-12-20-16(14)4-2/h13-16H,3-12H2,1-2H3. The average Bonchev–Trinajstić information content (AvgIpc) is 2.39. The van der Waals surface area contributed by atoms with Crippen molar-refractivity contribution < 1.29 is 18.9 Å². The Balaban J connectivity index is 1.34. The molecule has 118 valence electrons. The predicted octanol–water partition coefficient (Wildman–Crippen LogP) is 2.65. The van der Waals surface area contributed by atoms with E-state index < -0.39 is 0 Å². The van der Waals surface area contributed by atoms with E-state index in [1.165, 1.54) is 0 Å². The maximum Gasteiger partial charge on any atom is 0.0645 e. The van der Waals surface area contributed by atoms with Crippen LogP contribution in [0.5, 0.6) is 0 Å². The van der Waals surface area contributed by atoms with Crippen molar-refractivity contribution in [1.29, 1.82) is 0 Å². The van der Waals surface area contributed by atoms with E-state index >= 15 is 0 Å². The van der Waals surface area contributed by atoms with Crippen molar-refractivity contribution >= 4 is 0 Å². The number of hydrogen-bond donors (Lipinski definition) is 0. The highest BCUT2D eigenvalue weighted by Gasteiger charge is 2.31. The molecule has 2 aliphatic rings. The minimum Gasteiger partial charge on any atom is -0.381 e. The molecule has 0 radical (unpaired) electrons. The van der Waals surface area contributed by atoms with Crippen LogP contribution in [0.3, 0.4) is 0 Å². The Bertz CT molecular complexity index is 229. The molecule has 0 saturated carbocycles. The van der Waals surface area contributed by atoms with E-state index in [-0.39, 0.29) is 0 Å². The van der Waals surface area contributed by atoms with Crippen LogP contribution in [0.2, 0.25) is 0 Å². The number of rotatable bonds is 11. The first-order valence-corrected chi connectivity index (χ1v) is 8.23. The topological polar surface area (TPSA) is 36.9 Å². The molecule has 2 heterocycles. The molecule has 20 heavy (non-hydrogen) atoms. The average molecular weight is 286 g/mol. The van der Waals surface area contributed by atoms with Gasteiger partial charge in [-0.2, -0.15) is 0 Å². The van der Waals surface area contributed by atoms with E-state index in [1.54, 1.807) is 0 Å². The molecule has 2 fully saturated rings. The van der Waals surface area contributed by atoms with Crippen LogP contribution in [0, 0.1) is 11.8 Å². The van der Waals surface area contributed by atoms with E-state index in [0.717, 1.165) is 65.3 Å². The van der Waals surface area contributed by atoms with E-state index in [4.69, 9.17) is 18.9 Å². The highest BCUT2D eigenvalue weighted by Crippen LogP contribution is 2.24. The van der Waals surface area contributed by atoms with Gasteiger partial charge >= 0.3 is 0 Å². The third-order valence-electron chi connectivity index (χ3n) is 4.40. The minimum atomic E-state index is 0.439. The summed E-state index contributed by atoms with van der Waals surface area (Å²) in [5.74, 6) is 1.25. The molecule has 4 atom stereocenters. The van der Waals surface area contributed by atoms with Gasteiger partial charge in [-0.15, -0.1) is 0 Å². The second kappa shape index (κ2) is 8.98. The lowest BCUT2D eigenvalue weighted by Gasteiger charge is -2.36. The Morgan fingerprint density at radius 2 is 1.25 bits per heavy atom. The van der Waals surface area contributed by atoms with Crippen LogP contribution < -0.4 is 0 Å². The molecule has 2 saturated heterocycles. The van der Waals surface area contributed by atoms with Gasteiger partial charge in [-0.3, -0.25) is 0 Å². The summed E-state index contributed by atoms with van der Waals surface area (Å²) in [5, 5.41) is 0. The fourth-order valence-electron chi connectivity index (χ4n) is 2.83. The van der Waals surface area contributed by atoms with Gasteiger partial charge in [0.05, 0.1) is 38.6 Å². The molecule has 4 heteroatoms. The third-order valence-corrected chi connectivity index (χ3v) is 4.40. The van der Waals surface area contributed by atoms with Gasteiger partial charge in [-0.1, -0.05) is 13.8 Å². The van der Waals surface area contributed by atoms with E-state index in [1.807, 2.05) is 0 Å². The summed E-state index contributed by atoms with van der Waals surface area (Å²) in [6, 6.07) is 0. The van der Waals surface area contributed by atoms with Gasteiger partial charge in [0.15, 0.2) is 0 Å². The molecular weight excluding hydrogens is 256 g/mol. The monoisotopic (exact) mass is 286 g/mol. The van der Waals surface area contributed by atoms with Crippen LogP contribution in [0.25, 0.3) is 0 Å². The summed E-state index contributed by atoms with van der Waals surface area (Å²) >= 11 is 0. The van der Waals surface area contributed by atoms with Crippen LogP contribution in [-0.4, -0.2) is 51.8 Å². The number of unbranched alkanes of at least 4 members (excludes halogenated alkanes) is 1. The van der Waals surface area contributed by atoms with Crippen molar-refractivity contribution in [3.05, 3.63) is 0 Å². The van der Waals surface area contributed by atoms with Gasteiger partial charge in [0.25, 0.3) is 0 Å². The van der Waals surface area contributed by atoms with E-state index in [9.17, 15) is 0 Å². The molecule has 0 aliphatic carbocycles. The Labute approximate surface area is 123 Å². The van der Waals surface area contributed by atoms with Gasteiger partial charge < -0.3 is 18.9 Å².